The molecule has 0 aliphatic rings. The normalized spacial score (nSPS) is 14.1. The lowest BCUT2D eigenvalue weighted by molar-refractivity contribution is -0.153. The Hall–Kier alpha value is -1.36. The minimum absolute atomic E-state index is 0.189. The van der Waals surface area contributed by atoms with Gasteiger partial charge in [0, 0.05) is 17.8 Å². The Kier molecular flexibility index (Phi) is 3.38. The number of carbonyl (C=O) groups is 1. The summed E-state index contributed by atoms with van der Waals surface area (Å²) >= 11 is 0. The van der Waals surface area contributed by atoms with Crippen LogP contribution in [0, 0.1) is 5.41 Å². The van der Waals surface area contributed by atoms with Crippen molar-refractivity contribution in [1.29, 1.82) is 0 Å². The first-order chi connectivity index (χ1) is 7.26. The van der Waals surface area contributed by atoms with Crippen molar-refractivity contribution in [1.82, 2.24) is 9.78 Å². The number of rotatable bonds is 4. The van der Waals surface area contributed by atoms with E-state index >= 15 is 0 Å². The lowest BCUT2D eigenvalue weighted by Crippen LogP contribution is -2.31. The van der Waals surface area contributed by atoms with E-state index in [-0.39, 0.29) is 6.04 Å². The van der Waals surface area contributed by atoms with Gasteiger partial charge in [0.2, 0.25) is 0 Å². The van der Waals surface area contributed by atoms with Crippen LogP contribution in [0.5, 0.6) is 0 Å². The van der Waals surface area contributed by atoms with Crippen molar-refractivity contribution < 1.29 is 15.0 Å². The molecule has 0 saturated heterocycles. The van der Waals surface area contributed by atoms with Crippen LogP contribution in [0.15, 0.2) is 12.4 Å². The molecule has 0 aromatic carbocycles. The molecule has 1 aromatic rings. The van der Waals surface area contributed by atoms with E-state index in [1.807, 2.05) is 13.8 Å². The summed E-state index contributed by atoms with van der Waals surface area (Å²) in [5.41, 5.74) is -0.689. The van der Waals surface area contributed by atoms with Gasteiger partial charge in [-0.2, -0.15) is 5.10 Å². The summed E-state index contributed by atoms with van der Waals surface area (Å²) in [4.78, 5) is 11.0. The Morgan fingerprint density at radius 2 is 2.06 bits per heavy atom. The highest BCUT2D eigenvalue weighted by atomic mass is 16.4. The first kappa shape index (κ1) is 12.7. The number of hydrogen-bond donors (Lipinski definition) is 2. The molecule has 1 unspecified atom stereocenters. The number of hydrogen-bond acceptors (Lipinski definition) is 3. The third kappa shape index (κ3) is 2.24. The van der Waals surface area contributed by atoms with E-state index in [4.69, 9.17) is 5.11 Å². The molecule has 1 aromatic heterocycles. The van der Waals surface area contributed by atoms with Crippen LogP contribution in [-0.2, 0) is 4.79 Å². The maximum absolute atomic E-state index is 11.0. The third-order valence-corrected chi connectivity index (χ3v) is 2.70. The Bertz CT molecular complexity index is 382. The predicted molar refractivity (Wildman–Crippen MR) is 59.0 cm³/mol. The Labute approximate surface area is 94.7 Å². The van der Waals surface area contributed by atoms with Crippen molar-refractivity contribution in [2.75, 3.05) is 0 Å². The minimum Gasteiger partial charge on any atom is -0.481 e. The highest BCUT2D eigenvalue weighted by molar-refractivity contribution is 5.74. The van der Waals surface area contributed by atoms with Gasteiger partial charge >= 0.3 is 5.97 Å². The van der Waals surface area contributed by atoms with Gasteiger partial charge in [-0.3, -0.25) is 9.48 Å². The molecule has 0 amide bonds. The number of nitrogens with zero attached hydrogens (tertiary/aromatic N) is 2. The van der Waals surface area contributed by atoms with Gasteiger partial charge in [-0.1, -0.05) is 0 Å². The zero-order valence-corrected chi connectivity index (χ0v) is 10.0. The monoisotopic (exact) mass is 226 g/mol. The van der Waals surface area contributed by atoms with Gasteiger partial charge in [0.15, 0.2) is 0 Å². The van der Waals surface area contributed by atoms with Gasteiger partial charge in [0.1, 0.15) is 0 Å². The van der Waals surface area contributed by atoms with E-state index in [1.54, 1.807) is 10.9 Å². The van der Waals surface area contributed by atoms with Crippen LogP contribution in [0.3, 0.4) is 0 Å². The molecule has 0 saturated carbocycles. The number of carboxylic acid groups (broad SMARTS) is 1. The molecule has 1 atom stereocenters. The van der Waals surface area contributed by atoms with Crippen molar-refractivity contribution in [3.8, 4) is 0 Å². The molecule has 5 nitrogen and oxygen atoms in total. The largest absolute Gasteiger partial charge is 0.481 e. The summed E-state index contributed by atoms with van der Waals surface area (Å²) in [7, 11) is 0. The van der Waals surface area contributed by atoms with Gasteiger partial charge in [-0.25, -0.2) is 0 Å². The fourth-order valence-corrected chi connectivity index (χ4v) is 1.31. The third-order valence-electron chi connectivity index (χ3n) is 2.70. The van der Waals surface area contributed by atoms with Gasteiger partial charge in [-0.05, 0) is 27.7 Å². The molecule has 1 rings (SSSR count). The van der Waals surface area contributed by atoms with Crippen molar-refractivity contribution in [3.05, 3.63) is 18.0 Å². The maximum Gasteiger partial charge on any atom is 0.312 e. The van der Waals surface area contributed by atoms with E-state index in [0.717, 1.165) is 0 Å². The molecule has 0 bridgehead atoms. The Morgan fingerprint density at radius 3 is 2.44 bits per heavy atom. The molecule has 0 aliphatic carbocycles. The van der Waals surface area contributed by atoms with Crippen LogP contribution in [0.25, 0.3) is 0 Å². The number of aliphatic hydroxyl groups excluding tert-OH is 1. The maximum atomic E-state index is 11.0. The summed E-state index contributed by atoms with van der Waals surface area (Å²) in [5.74, 6) is -1.03. The summed E-state index contributed by atoms with van der Waals surface area (Å²) in [5, 5.41) is 23.1. The molecule has 5 heteroatoms. The molecule has 1 heterocycles. The zero-order valence-electron chi connectivity index (χ0n) is 10.0. The Morgan fingerprint density at radius 1 is 1.50 bits per heavy atom. The lowest BCUT2D eigenvalue weighted by atomic mass is 9.84. The summed E-state index contributed by atoms with van der Waals surface area (Å²) in [6.45, 7) is 6.91. The van der Waals surface area contributed by atoms with Crippen molar-refractivity contribution in [2.24, 2.45) is 5.41 Å². The van der Waals surface area contributed by atoms with Gasteiger partial charge in [0.25, 0.3) is 0 Å². The standard InChI is InChI=1S/C11H18N2O3/c1-7(2)13-6-8(5-12-13)9(14)11(3,4)10(15)16/h5-7,9,14H,1-4H3,(H,15,16). The smallest absolute Gasteiger partial charge is 0.312 e. The fourth-order valence-electron chi connectivity index (χ4n) is 1.31. The number of aliphatic hydroxyl groups is 1. The summed E-state index contributed by atoms with van der Waals surface area (Å²) in [6.07, 6.45) is 2.13. The highest BCUT2D eigenvalue weighted by Gasteiger charge is 2.37. The highest BCUT2D eigenvalue weighted by Crippen LogP contribution is 2.33. The molecule has 0 fully saturated rings. The van der Waals surface area contributed by atoms with E-state index < -0.39 is 17.5 Å². The molecular formula is C11H18N2O3. The molecule has 0 aliphatic heterocycles. The topological polar surface area (TPSA) is 75.4 Å². The van der Waals surface area contributed by atoms with Gasteiger partial charge in [0.05, 0.1) is 17.7 Å². The molecule has 16 heavy (non-hydrogen) atoms. The van der Waals surface area contributed by atoms with E-state index in [1.165, 1.54) is 20.0 Å². The molecule has 2 N–H and O–H groups in total. The van der Waals surface area contributed by atoms with Gasteiger partial charge in [-0.15, -0.1) is 0 Å². The van der Waals surface area contributed by atoms with E-state index in [9.17, 15) is 9.90 Å². The van der Waals surface area contributed by atoms with Crippen LogP contribution >= 0.6 is 0 Å². The van der Waals surface area contributed by atoms with Crippen molar-refractivity contribution >= 4 is 5.97 Å². The second-order valence-electron chi connectivity index (χ2n) is 4.78. The second-order valence-corrected chi connectivity index (χ2v) is 4.78. The number of aromatic nitrogens is 2. The minimum atomic E-state index is -1.22. The van der Waals surface area contributed by atoms with Crippen LogP contribution in [0.4, 0.5) is 0 Å². The number of carboxylic acids is 1. The first-order valence-corrected chi connectivity index (χ1v) is 5.22. The molecule has 0 spiro atoms. The fraction of sp³-hybridized carbons (Fsp3) is 0.636. The summed E-state index contributed by atoms with van der Waals surface area (Å²) in [6, 6.07) is 0.189. The summed E-state index contributed by atoms with van der Waals surface area (Å²) < 4.78 is 1.69. The molecule has 90 valence electrons. The molecule has 0 radical (unpaired) electrons. The quantitative estimate of drug-likeness (QED) is 0.817. The zero-order chi connectivity index (χ0) is 12.5. The average molecular weight is 226 g/mol. The van der Waals surface area contributed by atoms with E-state index in [2.05, 4.69) is 5.10 Å². The first-order valence-electron chi connectivity index (χ1n) is 5.22. The SMILES string of the molecule is CC(C)n1cc(C(O)C(C)(C)C(=O)O)cn1. The van der Waals surface area contributed by atoms with Crippen LogP contribution in [0.2, 0.25) is 0 Å². The van der Waals surface area contributed by atoms with Crippen LogP contribution < -0.4 is 0 Å². The lowest BCUT2D eigenvalue weighted by Gasteiger charge is -2.24. The second kappa shape index (κ2) is 4.25. The van der Waals surface area contributed by atoms with Crippen LogP contribution in [-0.4, -0.2) is 26.0 Å². The molecular weight excluding hydrogens is 208 g/mol. The Balaban J connectivity index is 2.96. The van der Waals surface area contributed by atoms with Crippen molar-refractivity contribution in [2.45, 2.75) is 39.8 Å². The van der Waals surface area contributed by atoms with Crippen molar-refractivity contribution in [3.63, 3.8) is 0 Å². The predicted octanol–water partition coefficient (Wildman–Crippen LogP) is 1.61. The van der Waals surface area contributed by atoms with Crippen LogP contribution in [0.1, 0.15) is 45.4 Å². The number of aliphatic carboxylic acids is 1. The average Bonchev–Trinajstić information content (AvgIpc) is 2.64. The van der Waals surface area contributed by atoms with Gasteiger partial charge < -0.3 is 10.2 Å². The van der Waals surface area contributed by atoms with E-state index in [0.29, 0.717) is 5.56 Å².